The predicted molar refractivity (Wildman–Crippen MR) is 120 cm³/mol. The van der Waals surface area contributed by atoms with E-state index in [9.17, 15) is 4.79 Å². The number of fused-ring (bicyclic) bond motifs is 1. The summed E-state index contributed by atoms with van der Waals surface area (Å²) in [7, 11) is 0. The van der Waals surface area contributed by atoms with Crippen LogP contribution in [-0.4, -0.2) is 21.9 Å². The smallest absolute Gasteiger partial charge is 0.277 e. The number of aryl methyl sites for hydroxylation is 3. The van der Waals surface area contributed by atoms with Gasteiger partial charge >= 0.3 is 0 Å². The fraction of sp³-hybridized carbons (Fsp3) is 0.318. The highest BCUT2D eigenvalue weighted by molar-refractivity contribution is 9.10. The average Bonchev–Trinajstić information content (AvgIpc) is 3.20. The monoisotopic (exact) mass is 487 g/mol. The Labute approximate surface area is 187 Å². The molecular weight excluding hydrogens is 466 g/mol. The Kier molecular flexibility index (Phi) is 6.74. The van der Waals surface area contributed by atoms with Crippen LogP contribution in [0.5, 0.6) is 5.75 Å². The Morgan fingerprint density at radius 1 is 1.17 bits per heavy atom. The average molecular weight is 488 g/mol. The van der Waals surface area contributed by atoms with E-state index < -0.39 is 0 Å². The molecule has 0 saturated heterocycles. The number of thioether (sulfide) groups is 1. The molecule has 156 valence electrons. The lowest BCUT2D eigenvalue weighted by molar-refractivity contribution is -0.113. The van der Waals surface area contributed by atoms with Crippen molar-refractivity contribution in [2.75, 3.05) is 11.1 Å². The molecule has 0 atom stereocenters. The number of amides is 1. The molecule has 8 heteroatoms. The van der Waals surface area contributed by atoms with Crippen LogP contribution in [0.4, 0.5) is 5.69 Å². The van der Waals surface area contributed by atoms with E-state index in [1.165, 1.54) is 35.7 Å². The molecule has 0 fully saturated rings. The molecule has 1 aromatic heterocycles. The molecular formula is C22H22BrN3O3S. The van der Waals surface area contributed by atoms with Crippen LogP contribution in [0.3, 0.4) is 0 Å². The molecule has 6 nitrogen and oxygen atoms in total. The highest BCUT2D eigenvalue weighted by Crippen LogP contribution is 2.26. The van der Waals surface area contributed by atoms with Gasteiger partial charge in [-0.3, -0.25) is 4.79 Å². The van der Waals surface area contributed by atoms with Crippen molar-refractivity contribution >= 4 is 39.3 Å². The maximum absolute atomic E-state index is 12.2. The van der Waals surface area contributed by atoms with Crippen molar-refractivity contribution in [1.82, 2.24) is 10.2 Å². The molecule has 0 aliphatic heterocycles. The van der Waals surface area contributed by atoms with Gasteiger partial charge in [0.25, 0.3) is 11.1 Å². The Morgan fingerprint density at radius 3 is 2.83 bits per heavy atom. The highest BCUT2D eigenvalue weighted by atomic mass is 79.9. The van der Waals surface area contributed by atoms with Crippen LogP contribution in [0.1, 0.15) is 35.4 Å². The molecule has 0 spiro atoms. The van der Waals surface area contributed by atoms with Gasteiger partial charge in [-0.05, 0) is 79.6 Å². The first kappa shape index (κ1) is 20.9. The van der Waals surface area contributed by atoms with E-state index in [0.717, 1.165) is 34.3 Å². The first-order valence-electron chi connectivity index (χ1n) is 9.82. The number of nitrogens with one attached hydrogen (secondary N) is 1. The number of hydrogen-bond donors (Lipinski definition) is 1. The van der Waals surface area contributed by atoms with Gasteiger partial charge in [-0.15, -0.1) is 10.2 Å². The van der Waals surface area contributed by atoms with Gasteiger partial charge in [-0.2, -0.15) is 0 Å². The first-order valence-corrected chi connectivity index (χ1v) is 11.6. The minimum absolute atomic E-state index is 0.129. The van der Waals surface area contributed by atoms with Crippen molar-refractivity contribution < 1.29 is 13.9 Å². The van der Waals surface area contributed by atoms with Gasteiger partial charge in [0.1, 0.15) is 5.75 Å². The SMILES string of the molecule is Cc1cc(Br)ccc1NC(=O)CSc1nnc(COc2ccc3c(c2)CCCC3)o1. The van der Waals surface area contributed by atoms with Crippen LogP contribution in [0.25, 0.3) is 0 Å². The van der Waals surface area contributed by atoms with Crippen molar-refractivity contribution in [2.24, 2.45) is 0 Å². The summed E-state index contributed by atoms with van der Waals surface area (Å²) in [6.07, 6.45) is 4.75. The van der Waals surface area contributed by atoms with E-state index in [1.807, 2.05) is 31.2 Å². The molecule has 0 unspecified atom stereocenters. The molecule has 1 aliphatic carbocycles. The van der Waals surface area contributed by atoms with E-state index >= 15 is 0 Å². The van der Waals surface area contributed by atoms with Crippen LogP contribution in [0, 0.1) is 6.92 Å². The van der Waals surface area contributed by atoms with E-state index in [4.69, 9.17) is 9.15 Å². The lowest BCUT2D eigenvalue weighted by Crippen LogP contribution is -2.14. The quantitative estimate of drug-likeness (QED) is 0.453. The van der Waals surface area contributed by atoms with E-state index in [1.54, 1.807) is 0 Å². The Morgan fingerprint density at radius 2 is 2.00 bits per heavy atom. The highest BCUT2D eigenvalue weighted by Gasteiger charge is 2.13. The number of anilines is 1. The molecule has 1 heterocycles. The summed E-state index contributed by atoms with van der Waals surface area (Å²) in [5.41, 5.74) is 4.56. The first-order chi connectivity index (χ1) is 14.6. The fourth-order valence-corrected chi connectivity index (χ4v) is 4.44. The minimum atomic E-state index is -0.129. The minimum Gasteiger partial charge on any atom is -0.484 e. The fourth-order valence-electron chi connectivity index (χ4n) is 3.38. The number of rotatable bonds is 7. The summed E-state index contributed by atoms with van der Waals surface area (Å²) in [6, 6.07) is 12.0. The normalized spacial score (nSPS) is 13.0. The third-order valence-corrected chi connectivity index (χ3v) is 6.23. The lowest BCUT2D eigenvalue weighted by Gasteiger charge is -2.16. The number of carbonyl (C=O) groups is 1. The summed E-state index contributed by atoms with van der Waals surface area (Å²) in [5.74, 6) is 1.25. The lowest BCUT2D eigenvalue weighted by atomic mass is 9.92. The number of halogens is 1. The zero-order valence-corrected chi connectivity index (χ0v) is 19.0. The zero-order chi connectivity index (χ0) is 20.9. The van der Waals surface area contributed by atoms with Crippen LogP contribution in [0.2, 0.25) is 0 Å². The Balaban J connectivity index is 1.26. The molecule has 2 aromatic carbocycles. The topological polar surface area (TPSA) is 77.2 Å². The van der Waals surface area contributed by atoms with Gasteiger partial charge in [0.2, 0.25) is 5.91 Å². The molecule has 3 aromatic rings. The van der Waals surface area contributed by atoms with Gasteiger partial charge in [-0.1, -0.05) is 33.8 Å². The van der Waals surface area contributed by atoms with Gasteiger partial charge < -0.3 is 14.5 Å². The molecule has 1 amide bonds. The number of ether oxygens (including phenoxy) is 1. The molecule has 0 radical (unpaired) electrons. The van der Waals surface area contributed by atoms with Crippen molar-refractivity contribution in [3.8, 4) is 5.75 Å². The van der Waals surface area contributed by atoms with Crippen molar-refractivity contribution in [3.05, 3.63) is 63.5 Å². The van der Waals surface area contributed by atoms with Gasteiger partial charge in [0.15, 0.2) is 6.61 Å². The van der Waals surface area contributed by atoms with Crippen LogP contribution >= 0.6 is 27.7 Å². The van der Waals surface area contributed by atoms with E-state index in [-0.39, 0.29) is 18.3 Å². The summed E-state index contributed by atoms with van der Waals surface area (Å²) in [6.45, 7) is 2.15. The van der Waals surface area contributed by atoms with E-state index in [2.05, 4.69) is 43.6 Å². The number of aromatic nitrogens is 2. The third-order valence-electron chi connectivity index (χ3n) is 4.92. The van der Waals surface area contributed by atoms with Crippen LogP contribution < -0.4 is 10.1 Å². The molecule has 0 bridgehead atoms. The second-order valence-electron chi connectivity index (χ2n) is 7.18. The van der Waals surface area contributed by atoms with Crippen molar-refractivity contribution in [2.45, 2.75) is 44.4 Å². The molecule has 1 aliphatic rings. The number of hydrogen-bond acceptors (Lipinski definition) is 6. The second kappa shape index (κ2) is 9.66. The number of nitrogens with zero attached hydrogens (tertiary/aromatic N) is 2. The van der Waals surface area contributed by atoms with Crippen molar-refractivity contribution in [1.29, 1.82) is 0 Å². The summed E-state index contributed by atoms with van der Waals surface area (Å²) >= 11 is 4.62. The standard InChI is InChI=1S/C22H22BrN3O3S/c1-14-10-17(23)7-9-19(14)24-20(27)13-30-22-26-25-21(29-22)12-28-18-8-6-15-4-2-3-5-16(15)11-18/h6-11H,2-5,12-13H2,1H3,(H,24,27). The van der Waals surface area contributed by atoms with Crippen LogP contribution in [-0.2, 0) is 24.2 Å². The van der Waals surface area contributed by atoms with Crippen LogP contribution in [0.15, 0.2) is 50.5 Å². The molecule has 1 N–H and O–H groups in total. The number of benzene rings is 2. The Hall–Kier alpha value is -2.32. The van der Waals surface area contributed by atoms with E-state index in [0.29, 0.717) is 11.1 Å². The largest absolute Gasteiger partial charge is 0.484 e. The summed E-state index contributed by atoms with van der Waals surface area (Å²) in [4.78, 5) is 12.2. The Bertz CT molecular complexity index is 1050. The summed E-state index contributed by atoms with van der Waals surface area (Å²) < 4.78 is 12.4. The predicted octanol–water partition coefficient (Wildman–Crippen LogP) is 5.33. The maximum atomic E-state index is 12.2. The van der Waals surface area contributed by atoms with Gasteiger partial charge in [0, 0.05) is 10.2 Å². The number of carbonyl (C=O) groups excluding carboxylic acids is 1. The molecule has 4 rings (SSSR count). The maximum Gasteiger partial charge on any atom is 0.277 e. The molecule has 0 saturated carbocycles. The third kappa shape index (κ3) is 5.43. The second-order valence-corrected chi connectivity index (χ2v) is 9.03. The van der Waals surface area contributed by atoms with Gasteiger partial charge in [0.05, 0.1) is 5.75 Å². The zero-order valence-electron chi connectivity index (χ0n) is 16.6. The molecule has 30 heavy (non-hydrogen) atoms. The van der Waals surface area contributed by atoms with Gasteiger partial charge in [-0.25, -0.2) is 0 Å². The van der Waals surface area contributed by atoms with Crippen molar-refractivity contribution in [3.63, 3.8) is 0 Å². The summed E-state index contributed by atoms with van der Waals surface area (Å²) in [5, 5.41) is 11.2.